The standard InChI is InChI=1S/C22H34O3/c1-13(20(24)25)17-6-7-18-16-5-4-14-12-15(23)8-10-21(14,2)19(16)9-11-22(17,18)3/h4,13,15-19,23H,5-12H2,1-3H3,(H,24,25)/t13-,15-,16-,17+,18-,19+,21-,22+/m0/s1. The van der Waals surface area contributed by atoms with Crippen molar-refractivity contribution in [2.75, 3.05) is 0 Å². The molecule has 0 saturated heterocycles. The van der Waals surface area contributed by atoms with Gasteiger partial charge in [-0.3, -0.25) is 4.79 Å². The van der Waals surface area contributed by atoms with Gasteiger partial charge in [0.1, 0.15) is 0 Å². The SMILES string of the molecule is C[C@H](C(=O)O)[C@H]1CC[C@H]2[C@@H]3CC=C4C[C@@H](O)CC[C@]4(C)[C@@H]3CC[C@]12C. The Balaban J connectivity index is 1.63. The minimum absolute atomic E-state index is 0.142. The molecule has 3 nitrogen and oxygen atoms in total. The van der Waals surface area contributed by atoms with E-state index < -0.39 is 5.97 Å². The zero-order valence-corrected chi connectivity index (χ0v) is 16.0. The van der Waals surface area contributed by atoms with Crippen molar-refractivity contribution in [3.05, 3.63) is 11.6 Å². The lowest BCUT2D eigenvalue weighted by molar-refractivity contribution is -0.146. The third kappa shape index (κ3) is 2.44. The van der Waals surface area contributed by atoms with Crippen LogP contribution >= 0.6 is 0 Å². The van der Waals surface area contributed by atoms with Crippen LogP contribution in [-0.4, -0.2) is 22.3 Å². The summed E-state index contributed by atoms with van der Waals surface area (Å²) in [5.41, 5.74) is 2.00. The molecule has 0 unspecified atom stereocenters. The van der Waals surface area contributed by atoms with Gasteiger partial charge in [0.2, 0.25) is 0 Å². The maximum absolute atomic E-state index is 11.6. The number of aliphatic hydroxyl groups excluding tert-OH is 1. The third-order valence-corrected chi connectivity index (χ3v) is 9.14. The van der Waals surface area contributed by atoms with Gasteiger partial charge in [0.15, 0.2) is 0 Å². The second kappa shape index (κ2) is 5.84. The van der Waals surface area contributed by atoms with Crippen molar-refractivity contribution >= 4 is 5.97 Å². The minimum Gasteiger partial charge on any atom is -0.481 e. The fraction of sp³-hybridized carbons (Fsp3) is 0.864. The van der Waals surface area contributed by atoms with Gasteiger partial charge in [-0.15, -0.1) is 0 Å². The molecular weight excluding hydrogens is 312 g/mol. The zero-order valence-electron chi connectivity index (χ0n) is 16.0. The van der Waals surface area contributed by atoms with Gasteiger partial charge in [0, 0.05) is 0 Å². The van der Waals surface area contributed by atoms with E-state index in [9.17, 15) is 15.0 Å². The quantitative estimate of drug-likeness (QED) is 0.716. The molecule has 0 aromatic heterocycles. The summed E-state index contributed by atoms with van der Waals surface area (Å²) in [6, 6.07) is 0. The fourth-order valence-corrected chi connectivity index (χ4v) is 7.68. The van der Waals surface area contributed by atoms with E-state index in [0.717, 1.165) is 38.0 Å². The molecule has 2 N–H and O–H groups in total. The predicted octanol–water partition coefficient (Wildman–Crippen LogP) is 4.65. The first-order valence-electron chi connectivity index (χ1n) is 10.4. The summed E-state index contributed by atoms with van der Waals surface area (Å²) < 4.78 is 0. The largest absolute Gasteiger partial charge is 0.481 e. The van der Waals surface area contributed by atoms with Crippen LogP contribution in [0.2, 0.25) is 0 Å². The van der Waals surface area contributed by atoms with Gasteiger partial charge in [-0.1, -0.05) is 32.4 Å². The molecule has 4 aliphatic carbocycles. The van der Waals surface area contributed by atoms with Crippen LogP contribution in [-0.2, 0) is 4.79 Å². The zero-order chi connectivity index (χ0) is 18.0. The van der Waals surface area contributed by atoms with Crippen molar-refractivity contribution in [3.8, 4) is 0 Å². The molecule has 8 atom stereocenters. The van der Waals surface area contributed by atoms with E-state index in [1.54, 1.807) is 0 Å². The Morgan fingerprint density at radius 2 is 1.92 bits per heavy atom. The highest BCUT2D eigenvalue weighted by Gasteiger charge is 2.59. The first-order valence-corrected chi connectivity index (χ1v) is 10.4. The molecule has 0 amide bonds. The van der Waals surface area contributed by atoms with Crippen molar-refractivity contribution in [1.82, 2.24) is 0 Å². The van der Waals surface area contributed by atoms with Gasteiger partial charge in [-0.2, -0.15) is 0 Å². The average molecular weight is 347 g/mol. The van der Waals surface area contributed by atoms with Crippen LogP contribution in [0.3, 0.4) is 0 Å². The average Bonchev–Trinajstić information content (AvgIpc) is 2.92. The number of allylic oxidation sites excluding steroid dienone is 1. The Hall–Kier alpha value is -0.830. The molecule has 3 fully saturated rings. The Bertz CT molecular complexity index is 596. The van der Waals surface area contributed by atoms with Gasteiger partial charge < -0.3 is 10.2 Å². The third-order valence-electron chi connectivity index (χ3n) is 9.14. The van der Waals surface area contributed by atoms with Crippen LogP contribution < -0.4 is 0 Å². The number of hydrogen-bond donors (Lipinski definition) is 2. The summed E-state index contributed by atoms with van der Waals surface area (Å²) in [7, 11) is 0. The maximum atomic E-state index is 11.6. The molecule has 0 heterocycles. The lowest BCUT2D eigenvalue weighted by atomic mass is 9.47. The fourth-order valence-electron chi connectivity index (χ4n) is 7.68. The molecule has 3 heteroatoms. The van der Waals surface area contributed by atoms with Crippen molar-refractivity contribution < 1.29 is 15.0 Å². The summed E-state index contributed by atoms with van der Waals surface area (Å²) in [5.74, 6) is 1.63. The lowest BCUT2D eigenvalue weighted by Gasteiger charge is -2.58. The molecule has 4 aliphatic rings. The van der Waals surface area contributed by atoms with Gasteiger partial charge in [-0.05, 0) is 85.9 Å². The van der Waals surface area contributed by atoms with Gasteiger partial charge in [0.05, 0.1) is 12.0 Å². The van der Waals surface area contributed by atoms with Gasteiger partial charge in [0.25, 0.3) is 0 Å². The number of carbonyl (C=O) groups is 1. The monoisotopic (exact) mass is 346 g/mol. The summed E-state index contributed by atoms with van der Waals surface area (Å²) in [6.45, 7) is 6.78. The Morgan fingerprint density at radius 3 is 2.64 bits per heavy atom. The molecule has 4 rings (SSSR count). The van der Waals surface area contributed by atoms with Gasteiger partial charge >= 0.3 is 5.97 Å². The number of hydrogen-bond acceptors (Lipinski definition) is 2. The summed E-state index contributed by atoms with van der Waals surface area (Å²) in [5, 5.41) is 19.7. The molecule has 3 saturated carbocycles. The lowest BCUT2D eigenvalue weighted by Crippen LogP contribution is -2.51. The van der Waals surface area contributed by atoms with Crippen LogP contribution in [0.15, 0.2) is 11.6 Å². The van der Waals surface area contributed by atoms with E-state index in [-0.39, 0.29) is 22.9 Å². The molecule has 0 aromatic rings. The van der Waals surface area contributed by atoms with E-state index in [1.165, 1.54) is 24.8 Å². The molecule has 0 radical (unpaired) electrons. The van der Waals surface area contributed by atoms with Crippen molar-refractivity contribution in [2.24, 2.45) is 40.4 Å². The number of carboxylic acid groups (broad SMARTS) is 1. The number of aliphatic hydroxyl groups is 1. The molecule has 0 bridgehead atoms. The van der Waals surface area contributed by atoms with Crippen molar-refractivity contribution in [3.63, 3.8) is 0 Å². The molecule has 0 spiro atoms. The highest BCUT2D eigenvalue weighted by Crippen LogP contribution is 2.67. The first kappa shape index (κ1) is 17.6. The molecule has 0 aromatic carbocycles. The van der Waals surface area contributed by atoms with E-state index >= 15 is 0 Å². The van der Waals surface area contributed by atoms with Gasteiger partial charge in [-0.25, -0.2) is 0 Å². The van der Waals surface area contributed by atoms with Crippen molar-refractivity contribution in [1.29, 1.82) is 0 Å². The van der Waals surface area contributed by atoms with E-state index in [0.29, 0.717) is 17.8 Å². The second-order valence-corrected chi connectivity index (χ2v) is 10.0. The topological polar surface area (TPSA) is 57.5 Å². The van der Waals surface area contributed by atoms with Crippen LogP contribution in [0.4, 0.5) is 0 Å². The van der Waals surface area contributed by atoms with Crippen LogP contribution in [0.25, 0.3) is 0 Å². The van der Waals surface area contributed by atoms with Crippen molar-refractivity contribution in [2.45, 2.75) is 78.2 Å². The van der Waals surface area contributed by atoms with Crippen LogP contribution in [0.5, 0.6) is 0 Å². The minimum atomic E-state index is -0.618. The smallest absolute Gasteiger partial charge is 0.306 e. The van der Waals surface area contributed by atoms with E-state index in [2.05, 4.69) is 19.9 Å². The number of aliphatic carboxylic acids is 1. The Kier molecular flexibility index (Phi) is 4.10. The number of fused-ring (bicyclic) bond motifs is 5. The normalized spacial score (nSPS) is 50.2. The number of rotatable bonds is 2. The molecule has 0 aliphatic heterocycles. The summed E-state index contributed by atoms with van der Waals surface area (Å²) in [6.07, 6.45) is 11.1. The second-order valence-electron chi connectivity index (χ2n) is 10.0. The first-order chi connectivity index (χ1) is 11.8. The Morgan fingerprint density at radius 1 is 1.16 bits per heavy atom. The highest BCUT2D eigenvalue weighted by molar-refractivity contribution is 5.70. The summed E-state index contributed by atoms with van der Waals surface area (Å²) in [4.78, 5) is 11.6. The maximum Gasteiger partial charge on any atom is 0.306 e. The Labute approximate surface area is 151 Å². The molecule has 140 valence electrons. The molecule has 25 heavy (non-hydrogen) atoms. The number of carboxylic acids is 1. The predicted molar refractivity (Wildman–Crippen MR) is 98.0 cm³/mol. The van der Waals surface area contributed by atoms with E-state index in [1.807, 2.05) is 6.92 Å². The van der Waals surface area contributed by atoms with E-state index in [4.69, 9.17) is 0 Å². The highest BCUT2D eigenvalue weighted by atomic mass is 16.4. The van der Waals surface area contributed by atoms with Crippen LogP contribution in [0, 0.1) is 40.4 Å². The van der Waals surface area contributed by atoms with Crippen LogP contribution in [0.1, 0.15) is 72.1 Å². The summed E-state index contributed by atoms with van der Waals surface area (Å²) >= 11 is 0. The molecular formula is C22H34O3.